The predicted molar refractivity (Wildman–Crippen MR) is 89.7 cm³/mol. The smallest absolute Gasteiger partial charge is 0.404 e. The lowest BCUT2D eigenvalue weighted by atomic mass is 10.2. The molecule has 0 aliphatic rings. The number of sulfonamides is 1. The second kappa shape index (κ2) is 7.01. The lowest BCUT2D eigenvalue weighted by Crippen LogP contribution is -2.21. The fourth-order valence-electron chi connectivity index (χ4n) is 2.13. The lowest BCUT2D eigenvalue weighted by Gasteiger charge is -2.20. The molecule has 5 nitrogen and oxygen atoms in total. The molecule has 2 aromatic carbocycles. The van der Waals surface area contributed by atoms with Gasteiger partial charge in [0.2, 0.25) is 0 Å². The molecule has 1 N–H and O–H groups in total. The van der Waals surface area contributed by atoms with Crippen molar-refractivity contribution in [3.05, 3.63) is 47.5 Å². The van der Waals surface area contributed by atoms with E-state index in [-0.39, 0.29) is 10.7 Å². The third-order valence-electron chi connectivity index (χ3n) is 3.04. The molecule has 25 heavy (non-hydrogen) atoms. The largest absolute Gasteiger partial charge is 0.573 e. The third-order valence-corrected chi connectivity index (χ3v) is 4.75. The highest BCUT2D eigenvalue weighted by Gasteiger charge is 2.34. The van der Waals surface area contributed by atoms with Crippen molar-refractivity contribution in [2.75, 3.05) is 23.7 Å². The van der Waals surface area contributed by atoms with Crippen LogP contribution in [0.25, 0.3) is 0 Å². The summed E-state index contributed by atoms with van der Waals surface area (Å²) in [7, 11) is -1.04. The molecule has 0 saturated carbocycles. The van der Waals surface area contributed by atoms with Gasteiger partial charge >= 0.3 is 6.36 Å². The van der Waals surface area contributed by atoms with Crippen LogP contribution in [0.4, 0.5) is 24.5 Å². The molecule has 0 heterocycles. The molecule has 0 aliphatic heterocycles. The Morgan fingerprint density at radius 3 is 2.32 bits per heavy atom. The van der Waals surface area contributed by atoms with Gasteiger partial charge in [0.15, 0.2) is 0 Å². The number of nitrogens with zero attached hydrogens (tertiary/aromatic N) is 1. The lowest BCUT2D eigenvalue weighted by molar-refractivity contribution is -0.275. The zero-order valence-corrected chi connectivity index (χ0v) is 14.7. The fourth-order valence-corrected chi connectivity index (χ4v) is 3.67. The Morgan fingerprint density at radius 2 is 1.72 bits per heavy atom. The monoisotopic (exact) mass is 394 g/mol. The normalized spacial score (nSPS) is 11.9. The summed E-state index contributed by atoms with van der Waals surface area (Å²) in [5, 5.41) is 0.282. The zero-order chi connectivity index (χ0) is 18.8. The van der Waals surface area contributed by atoms with Crippen LogP contribution in [0, 0.1) is 0 Å². The van der Waals surface area contributed by atoms with E-state index < -0.39 is 27.0 Å². The van der Waals surface area contributed by atoms with E-state index in [1.165, 1.54) is 24.3 Å². The number of anilines is 2. The summed E-state index contributed by atoms with van der Waals surface area (Å²) in [5.41, 5.74) is 0.501. The number of halogens is 4. The first kappa shape index (κ1) is 19.2. The second-order valence-corrected chi connectivity index (χ2v) is 7.19. The Morgan fingerprint density at radius 1 is 1.08 bits per heavy atom. The average Bonchev–Trinajstić information content (AvgIpc) is 2.45. The van der Waals surface area contributed by atoms with Gasteiger partial charge in [-0.15, -0.1) is 13.2 Å². The molecule has 10 heteroatoms. The van der Waals surface area contributed by atoms with Crippen LogP contribution in [-0.2, 0) is 10.0 Å². The summed E-state index contributed by atoms with van der Waals surface area (Å²) in [6.45, 7) is 0. The van der Waals surface area contributed by atoms with Crippen LogP contribution in [0.1, 0.15) is 0 Å². The van der Waals surface area contributed by atoms with Crippen LogP contribution < -0.4 is 14.4 Å². The van der Waals surface area contributed by atoms with E-state index in [0.717, 1.165) is 12.1 Å². The van der Waals surface area contributed by atoms with Crippen LogP contribution in [0.5, 0.6) is 5.75 Å². The molecular formula is C15H14ClF3N2O3S. The molecule has 0 unspecified atom stereocenters. The first-order valence-electron chi connectivity index (χ1n) is 6.85. The van der Waals surface area contributed by atoms with E-state index in [0.29, 0.717) is 5.69 Å². The number of para-hydroxylation sites is 2. The highest BCUT2D eigenvalue weighted by atomic mass is 35.5. The minimum atomic E-state index is -5.02. The average molecular weight is 395 g/mol. The number of nitrogens with one attached hydrogen (secondary N) is 1. The Balaban J connectivity index is 2.47. The maximum atomic E-state index is 12.6. The van der Waals surface area contributed by atoms with Gasteiger partial charge < -0.3 is 9.64 Å². The Kier molecular flexibility index (Phi) is 5.38. The van der Waals surface area contributed by atoms with Gasteiger partial charge in [-0.3, -0.25) is 4.72 Å². The summed E-state index contributed by atoms with van der Waals surface area (Å²) in [4.78, 5) is 0.940. The Labute approximate surface area is 148 Å². The van der Waals surface area contributed by atoms with Crippen LogP contribution in [0.3, 0.4) is 0 Å². The zero-order valence-electron chi connectivity index (χ0n) is 13.1. The molecule has 0 bridgehead atoms. The van der Waals surface area contributed by atoms with E-state index >= 15 is 0 Å². The predicted octanol–water partition coefficient (Wildman–Crippen LogP) is 4.11. The molecular weight excluding hydrogens is 381 g/mol. The van der Waals surface area contributed by atoms with Gasteiger partial charge in [-0.1, -0.05) is 29.8 Å². The van der Waals surface area contributed by atoms with Crippen LogP contribution in [0.2, 0.25) is 5.02 Å². The van der Waals surface area contributed by atoms with Crippen LogP contribution >= 0.6 is 11.6 Å². The third kappa shape index (κ3) is 4.70. The minimum absolute atomic E-state index is 0.124. The molecule has 136 valence electrons. The van der Waals surface area contributed by atoms with Crippen molar-refractivity contribution in [2.24, 2.45) is 0 Å². The van der Waals surface area contributed by atoms with Gasteiger partial charge in [0.25, 0.3) is 10.0 Å². The van der Waals surface area contributed by atoms with E-state index in [2.05, 4.69) is 9.46 Å². The Hall–Kier alpha value is -2.13. The minimum Gasteiger partial charge on any atom is -0.404 e. The molecule has 0 aliphatic carbocycles. The number of benzene rings is 2. The van der Waals surface area contributed by atoms with Gasteiger partial charge in [0, 0.05) is 14.1 Å². The van der Waals surface area contributed by atoms with Crippen LogP contribution in [0.15, 0.2) is 47.4 Å². The number of hydrogen-bond donors (Lipinski definition) is 1. The van der Waals surface area contributed by atoms with Crippen molar-refractivity contribution in [3.63, 3.8) is 0 Å². The topological polar surface area (TPSA) is 58.6 Å². The Bertz CT molecular complexity index is 871. The molecule has 0 aromatic heterocycles. The van der Waals surface area contributed by atoms with E-state index in [9.17, 15) is 21.6 Å². The summed E-state index contributed by atoms with van der Waals surface area (Å²) >= 11 is 6.07. The summed E-state index contributed by atoms with van der Waals surface area (Å²) in [6.07, 6.45) is -5.02. The van der Waals surface area contributed by atoms with Gasteiger partial charge in [0.05, 0.1) is 16.4 Å². The van der Waals surface area contributed by atoms with Gasteiger partial charge in [-0.2, -0.15) is 0 Å². The summed E-state index contributed by atoms with van der Waals surface area (Å²) in [6, 6.07) is 9.01. The number of rotatable bonds is 5. The molecule has 0 saturated heterocycles. The first-order valence-corrected chi connectivity index (χ1v) is 8.71. The van der Waals surface area contributed by atoms with Crippen molar-refractivity contribution in [2.45, 2.75) is 11.3 Å². The number of hydrogen-bond acceptors (Lipinski definition) is 4. The highest BCUT2D eigenvalue weighted by molar-refractivity contribution is 7.92. The molecule has 0 amide bonds. The number of alkyl halides is 3. The highest BCUT2D eigenvalue weighted by Crippen LogP contribution is 2.35. The van der Waals surface area contributed by atoms with Crippen molar-refractivity contribution >= 4 is 33.0 Å². The molecule has 2 rings (SSSR count). The van der Waals surface area contributed by atoms with Crippen molar-refractivity contribution in [1.29, 1.82) is 0 Å². The SMILES string of the molecule is CN(C)c1c(Cl)cccc1NS(=O)(=O)c1ccccc1OC(F)(F)F. The van der Waals surface area contributed by atoms with Gasteiger partial charge in [-0.05, 0) is 24.3 Å². The van der Waals surface area contributed by atoms with Crippen LogP contribution in [-0.4, -0.2) is 28.9 Å². The molecule has 0 radical (unpaired) electrons. The molecule has 2 aromatic rings. The van der Waals surface area contributed by atoms with Crippen molar-refractivity contribution < 1.29 is 26.3 Å². The molecule has 0 atom stereocenters. The summed E-state index contributed by atoms with van der Waals surface area (Å²) < 4.78 is 68.7. The quantitative estimate of drug-likeness (QED) is 0.829. The maximum absolute atomic E-state index is 12.6. The summed E-state index contributed by atoms with van der Waals surface area (Å²) in [5.74, 6) is -0.823. The van der Waals surface area contributed by atoms with Gasteiger partial charge in [0.1, 0.15) is 10.6 Å². The van der Waals surface area contributed by atoms with Crippen molar-refractivity contribution in [1.82, 2.24) is 0 Å². The first-order chi connectivity index (χ1) is 11.5. The standard InChI is InChI=1S/C15H14ClF3N2O3S/c1-21(2)14-10(16)6-5-7-11(14)20-25(22,23)13-9-4-3-8-12(13)24-15(17,18)19/h3-9,20H,1-2H3. The maximum Gasteiger partial charge on any atom is 0.573 e. The fraction of sp³-hybridized carbons (Fsp3) is 0.200. The van der Waals surface area contributed by atoms with E-state index in [1.54, 1.807) is 25.1 Å². The molecule has 0 fully saturated rings. The van der Waals surface area contributed by atoms with E-state index in [1.807, 2.05) is 0 Å². The van der Waals surface area contributed by atoms with Gasteiger partial charge in [-0.25, -0.2) is 8.42 Å². The molecule has 0 spiro atoms. The van der Waals surface area contributed by atoms with Crippen molar-refractivity contribution in [3.8, 4) is 5.75 Å². The second-order valence-electron chi connectivity index (χ2n) is 5.13. The van der Waals surface area contributed by atoms with E-state index in [4.69, 9.17) is 11.6 Å². The number of ether oxygens (including phenoxy) is 1.